The maximum Gasteiger partial charge on any atom is 0.290 e. The second kappa shape index (κ2) is 8.21. The van der Waals surface area contributed by atoms with Crippen LogP contribution in [0.15, 0.2) is 53.1 Å². The fourth-order valence-corrected chi connectivity index (χ4v) is 4.79. The monoisotopic (exact) mass is 380 g/mol. The van der Waals surface area contributed by atoms with Gasteiger partial charge in [0.25, 0.3) is 5.91 Å². The lowest BCUT2D eigenvalue weighted by Gasteiger charge is -2.38. The molecule has 1 aromatic heterocycles. The Morgan fingerprint density at radius 1 is 1.04 bits per heavy atom. The average Bonchev–Trinajstić information content (AvgIpc) is 3.45. The van der Waals surface area contributed by atoms with E-state index < -0.39 is 6.04 Å². The highest BCUT2D eigenvalue weighted by Gasteiger charge is 2.38. The number of likely N-dealkylation sites (tertiary alicyclic amines) is 1. The molecule has 2 fully saturated rings. The SMILES string of the molecule is O=C(NCC1(c2ccccc2)CCCCC1)C1CCCN1C(=O)c1ccco1. The van der Waals surface area contributed by atoms with Crippen molar-refractivity contribution in [1.82, 2.24) is 10.2 Å². The smallest absolute Gasteiger partial charge is 0.290 e. The highest BCUT2D eigenvalue weighted by Crippen LogP contribution is 2.39. The van der Waals surface area contributed by atoms with Gasteiger partial charge in [-0.2, -0.15) is 0 Å². The summed E-state index contributed by atoms with van der Waals surface area (Å²) in [6, 6.07) is 13.5. The zero-order valence-electron chi connectivity index (χ0n) is 16.2. The number of rotatable bonds is 5. The van der Waals surface area contributed by atoms with Crippen LogP contribution in [-0.2, 0) is 10.2 Å². The van der Waals surface area contributed by atoms with Gasteiger partial charge in [0.05, 0.1) is 6.26 Å². The van der Waals surface area contributed by atoms with Gasteiger partial charge < -0.3 is 14.6 Å². The molecule has 0 spiro atoms. The van der Waals surface area contributed by atoms with Crippen LogP contribution in [0.2, 0.25) is 0 Å². The summed E-state index contributed by atoms with van der Waals surface area (Å²) >= 11 is 0. The van der Waals surface area contributed by atoms with Gasteiger partial charge in [0, 0.05) is 18.5 Å². The molecule has 28 heavy (non-hydrogen) atoms. The van der Waals surface area contributed by atoms with Crippen LogP contribution < -0.4 is 5.32 Å². The lowest BCUT2D eigenvalue weighted by Crippen LogP contribution is -2.50. The van der Waals surface area contributed by atoms with Crippen LogP contribution in [0.3, 0.4) is 0 Å². The Balaban J connectivity index is 1.45. The second-order valence-electron chi connectivity index (χ2n) is 8.06. The molecule has 2 heterocycles. The van der Waals surface area contributed by atoms with Crippen molar-refractivity contribution in [3.05, 3.63) is 60.1 Å². The highest BCUT2D eigenvalue weighted by atomic mass is 16.3. The van der Waals surface area contributed by atoms with E-state index in [1.54, 1.807) is 17.0 Å². The van der Waals surface area contributed by atoms with Gasteiger partial charge in [-0.3, -0.25) is 9.59 Å². The van der Waals surface area contributed by atoms with E-state index in [0.717, 1.165) is 19.3 Å². The Labute approximate surface area is 166 Å². The molecule has 2 amide bonds. The first-order valence-corrected chi connectivity index (χ1v) is 10.4. The molecule has 1 unspecified atom stereocenters. The van der Waals surface area contributed by atoms with E-state index in [9.17, 15) is 9.59 Å². The van der Waals surface area contributed by atoms with Crippen molar-refractivity contribution in [2.24, 2.45) is 0 Å². The van der Waals surface area contributed by atoms with Gasteiger partial charge >= 0.3 is 0 Å². The minimum Gasteiger partial charge on any atom is -0.459 e. The van der Waals surface area contributed by atoms with Crippen molar-refractivity contribution in [3.63, 3.8) is 0 Å². The van der Waals surface area contributed by atoms with Gasteiger partial charge in [-0.25, -0.2) is 0 Å². The largest absolute Gasteiger partial charge is 0.459 e. The van der Waals surface area contributed by atoms with Crippen molar-refractivity contribution < 1.29 is 14.0 Å². The number of nitrogens with zero attached hydrogens (tertiary/aromatic N) is 1. The van der Waals surface area contributed by atoms with E-state index in [-0.39, 0.29) is 17.2 Å². The average molecular weight is 380 g/mol. The summed E-state index contributed by atoms with van der Waals surface area (Å²) in [5.74, 6) is 0.0594. The quantitative estimate of drug-likeness (QED) is 0.856. The summed E-state index contributed by atoms with van der Waals surface area (Å²) < 4.78 is 5.24. The lowest BCUT2D eigenvalue weighted by atomic mass is 9.69. The van der Waals surface area contributed by atoms with Gasteiger partial charge in [0.2, 0.25) is 5.91 Å². The maximum atomic E-state index is 13.0. The Kier molecular flexibility index (Phi) is 5.51. The van der Waals surface area contributed by atoms with Gasteiger partial charge in [-0.05, 0) is 43.4 Å². The molecule has 5 nitrogen and oxygen atoms in total. The summed E-state index contributed by atoms with van der Waals surface area (Å²) in [5, 5.41) is 3.20. The maximum absolute atomic E-state index is 13.0. The first kappa shape index (κ1) is 18.8. The zero-order valence-corrected chi connectivity index (χ0v) is 16.2. The standard InChI is InChI=1S/C23H28N2O3/c26-21(19-11-7-15-25(19)22(27)20-12-8-16-28-20)24-17-23(13-5-2-6-14-23)18-9-3-1-4-10-18/h1,3-4,8-10,12,16,19H,2,5-7,11,13-15,17H2,(H,24,26). The fraction of sp³-hybridized carbons (Fsp3) is 0.478. The molecular weight excluding hydrogens is 352 g/mol. The number of nitrogens with one attached hydrogen (secondary N) is 1. The summed E-state index contributed by atoms with van der Waals surface area (Å²) in [7, 11) is 0. The predicted molar refractivity (Wildman–Crippen MR) is 107 cm³/mol. The normalized spacial score (nSPS) is 21.4. The molecule has 4 rings (SSSR count). The van der Waals surface area contributed by atoms with E-state index in [2.05, 4.69) is 29.6 Å². The third kappa shape index (κ3) is 3.71. The van der Waals surface area contributed by atoms with E-state index in [1.165, 1.54) is 31.1 Å². The molecule has 1 aliphatic heterocycles. The van der Waals surface area contributed by atoms with Gasteiger partial charge in [0.15, 0.2) is 5.76 Å². The van der Waals surface area contributed by atoms with Crippen molar-refractivity contribution in [2.45, 2.75) is 56.4 Å². The molecule has 2 aromatic rings. The van der Waals surface area contributed by atoms with Crippen LogP contribution in [0.5, 0.6) is 0 Å². The minimum absolute atomic E-state index is 0.00360. The first-order valence-electron chi connectivity index (χ1n) is 10.4. The molecule has 1 aromatic carbocycles. The molecule has 148 valence electrons. The number of carbonyl (C=O) groups excluding carboxylic acids is 2. The molecule has 1 atom stereocenters. The van der Waals surface area contributed by atoms with Crippen molar-refractivity contribution in [2.75, 3.05) is 13.1 Å². The van der Waals surface area contributed by atoms with E-state index >= 15 is 0 Å². The van der Waals surface area contributed by atoms with Crippen LogP contribution in [-0.4, -0.2) is 35.8 Å². The van der Waals surface area contributed by atoms with E-state index in [4.69, 9.17) is 4.42 Å². The third-order valence-corrected chi connectivity index (χ3v) is 6.35. The summed E-state index contributed by atoms with van der Waals surface area (Å²) in [6.07, 6.45) is 8.87. The van der Waals surface area contributed by atoms with Crippen LogP contribution in [0.1, 0.15) is 61.1 Å². The predicted octanol–water partition coefficient (Wildman–Crippen LogP) is 3.90. The lowest BCUT2D eigenvalue weighted by molar-refractivity contribution is -0.125. The molecule has 1 saturated carbocycles. The van der Waals surface area contributed by atoms with Crippen molar-refractivity contribution >= 4 is 11.8 Å². The molecule has 1 saturated heterocycles. The van der Waals surface area contributed by atoms with E-state index in [0.29, 0.717) is 25.3 Å². The van der Waals surface area contributed by atoms with Crippen LogP contribution >= 0.6 is 0 Å². The summed E-state index contributed by atoms with van der Waals surface area (Å²) in [5.41, 5.74) is 1.31. The Morgan fingerprint density at radius 2 is 1.82 bits per heavy atom. The molecule has 5 heteroatoms. The number of carbonyl (C=O) groups is 2. The highest BCUT2D eigenvalue weighted by molar-refractivity contribution is 5.96. The first-order chi connectivity index (χ1) is 13.7. The van der Waals surface area contributed by atoms with Gasteiger partial charge in [-0.15, -0.1) is 0 Å². The van der Waals surface area contributed by atoms with Crippen LogP contribution in [0.4, 0.5) is 0 Å². The van der Waals surface area contributed by atoms with Crippen molar-refractivity contribution in [3.8, 4) is 0 Å². The fourth-order valence-electron chi connectivity index (χ4n) is 4.79. The van der Waals surface area contributed by atoms with Crippen LogP contribution in [0.25, 0.3) is 0 Å². The van der Waals surface area contributed by atoms with Gasteiger partial charge in [-0.1, -0.05) is 49.6 Å². The second-order valence-corrected chi connectivity index (χ2v) is 8.06. The molecule has 2 aliphatic rings. The number of hydrogen-bond acceptors (Lipinski definition) is 3. The van der Waals surface area contributed by atoms with Crippen molar-refractivity contribution in [1.29, 1.82) is 0 Å². The topological polar surface area (TPSA) is 62.6 Å². The van der Waals surface area contributed by atoms with Crippen LogP contribution in [0, 0.1) is 0 Å². The molecular formula is C23H28N2O3. The zero-order chi connectivity index (χ0) is 19.4. The molecule has 1 aliphatic carbocycles. The number of hydrogen-bond donors (Lipinski definition) is 1. The Morgan fingerprint density at radius 3 is 2.54 bits per heavy atom. The minimum atomic E-state index is -0.408. The number of amides is 2. The summed E-state index contributed by atoms with van der Waals surface area (Å²) in [4.78, 5) is 27.3. The molecule has 1 N–H and O–H groups in total. The number of benzene rings is 1. The van der Waals surface area contributed by atoms with Gasteiger partial charge in [0.1, 0.15) is 6.04 Å². The third-order valence-electron chi connectivity index (χ3n) is 6.35. The number of furan rings is 1. The summed E-state index contributed by atoms with van der Waals surface area (Å²) in [6.45, 7) is 1.23. The molecule has 0 radical (unpaired) electrons. The Bertz CT molecular complexity index is 795. The molecule has 0 bridgehead atoms. The Hall–Kier alpha value is -2.56. The van der Waals surface area contributed by atoms with E-state index in [1.807, 2.05) is 6.07 Å².